The topological polar surface area (TPSA) is 84.9 Å². The van der Waals surface area contributed by atoms with Gasteiger partial charge in [0, 0.05) is 0 Å². The molecule has 1 atom stereocenters. The summed E-state index contributed by atoms with van der Waals surface area (Å²) in [6, 6.07) is 20.2. The van der Waals surface area contributed by atoms with Gasteiger partial charge < -0.3 is 14.8 Å². The Morgan fingerprint density at radius 3 is 2.09 bits per heavy atom. The van der Waals surface area contributed by atoms with Gasteiger partial charge in [-0.05, 0) is 74.9 Å². The summed E-state index contributed by atoms with van der Waals surface area (Å²) < 4.78 is 38.7. The van der Waals surface area contributed by atoms with Gasteiger partial charge in [-0.1, -0.05) is 29.8 Å². The Labute approximate surface area is 201 Å². The molecule has 180 valence electrons. The minimum Gasteiger partial charge on any atom is -0.497 e. The van der Waals surface area contributed by atoms with Crippen LogP contribution in [0.2, 0.25) is 0 Å². The fourth-order valence-corrected chi connectivity index (χ4v) is 4.84. The first kappa shape index (κ1) is 25.1. The van der Waals surface area contributed by atoms with Crippen molar-refractivity contribution in [3.63, 3.8) is 0 Å². The van der Waals surface area contributed by atoms with Crippen molar-refractivity contribution in [3.8, 4) is 11.5 Å². The van der Waals surface area contributed by atoms with Crippen molar-refractivity contribution in [2.45, 2.75) is 31.7 Å². The molecule has 0 spiro atoms. The molecular formula is C26H30N2O5S. The maximum Gasteiger partial charge on any atom is 0.264 e. The highest BCUT2D eigenvalue weighted by Gasteiger charge is 2.27. The third-order valence-corrected chi connectivity index (χ3v) is 7.11. The highest BCUT2D eigenvalue weighted by Crippen LogP contribution is 2.26. The maximum atomic E-state index is 13.5. The summed E-state index contributed by atoms with van der Waals surface area (Å²) in [6.07, 6.45) is 0. The number of hydrogen-bond acceptors (Lipinski definition) is 5. The number of sulfonamides is 1. The van der Waals surface area contributed by atoms with Gasteiger partial charge in [0.25, 0.3) is 10.0 Å². The Morgan fingerprint density at radius 1 is 0.941 bits per heavy atom. The standard InChI is InChI=1S/C26H30N2O5S/c1-5-33-24-12-8-21(9-13-24)20(3)27-26(29)18-28(22-10-14-23(32-4)15-11-22)34(30,31)25-16-6-19(2)7-17-25/h6-17,20H,5,18H2,1-4H3,(H,27,29)/t20-/m1/s1. The number of carbonyl (C=O) groups excluding carboxylic acids is 1. The van der Waals surface area contributed by atoms with Gasteiger partial charge in [0.1, 0.15) is 18.0 Å². The van der Waals surface area contributed by atoms with Gasteiger partial charge in [0.15, 0.2) is 0 Å². The highest BCUT2D eigenvalue weighted by molar-refractivity contribution is 7.92. The van der Waals surface area contributed by atoms with E-state index in [2.05, 4.69) is 5.32 Å². The number of nitrogens with one attached hydrogen (secondary N) is 1. The second-order valence-corrected chi connectivity index (χ2v) is 9.68. The van der Waals surface area contributed by atoms with Crippen molar-refractivity contribution in [1.29, 1.82) is 0 Å². The van der Waals surface area contributed by atoms with Crippen LogP contribution in [-0.2, 0) is 14.8 Å². The third kappa shape index (κ3) is 6.08. The number of amides is 1. The van der Waals surface area contributed by atoms with E-state index in [-0.39, 0.29) is 17.5 Å². The summed E-state index contributed by atoms with van der Waals surface area (Å²) in [5, 5.41) is 2.89. The van der Waals surface area contributed by atoms with Crippen molar-refractivity contribution < 1.29 is 22.7 Å². The lowest BCUT2D eigenvalue weighted by molar-refractivity contribution is -0.120. The molecule has 3 aromatic rings. The summed E-state index contributed by atoms with van der Waals surface area (Å²) in [4.78, 5) is 13.1. The van der Waals surface area contributed by atoms with Crippen molar-refractivity contribution in [2.75, 3.05) is 24.6 Å². The van der Waals surface area contributed by atoms with Crippen LogP contribution in [0.1, 0.15) is 31.0 Å². The zero-order valence-electron chi connectivity index (χ0n) is 19.8. The summed E-state index contributed by atoms with van der Waals surface area (Å²) >= 11 is 0. The zero-order valence-corrected chi connectivity index (χ0v) is 20.6. The van der Waals surface area contributed by atoms with Crippen molar-refractivity contribution in [3.05, 3.63) is 83.9 Å². The number of methoxy groups -OCH3 is 1. The lowest BCUT2D eigenvalue weighted by Crippen LogP contribution is -2.41. The zero-order chi connectivity index (χ0) is 24.7. The van der Waals surface area contributed by atoms with Crippen LogP contribution in [0.15, 0.2) is 77.7 Å². The summed E-state index contributed by atoms with van der Waals surface area (Å²) in [6.45, 7) is 5.84. The number of ether oxygens (including phenoxy) is 2. The van der Waals surface area contributed by atoms with E-state index >= 15 is 0 Å². The Hall–Kier alpha value is -3.52. The van der Waals surface area contributed by atoms with Gasteiger partial charge >= 0.3 is 0 Å². The average Bonchev–Trinajstić information content (AvgIpc) is 2.83. The first-order chi connectivity index (χ1) is 16.2. The molecule has 0 radical (unpaired) electrons. The minimum absolute atomic E-state index is 0.112. The molecule has 34 heavy (non-hydrogen) atoms. The predicted octanol–water partition coefficient (Wildman–Crippen LogP) is 4.48. The lowest BCUT2D eigenvalue weighted by Gasteiger charge is -2.25. The van der Waals surface area contributed by atoms with Crippen LogP contribution >= 0.6 is 0 Å². The normalized spacial score (nSPS) is 12.0. The second-order valence-electron chi connectivity index (χ2n) is 7.81. The third-order valence-electron chi connectivity index (χ3n) is 5.33. The first-order valence-corrected chi connectivity index (χ1v) is 12.4. The van der Waals surface area contributed by atoms with Crippen molar-refractivity contribution >= 4 is 21.6 Å². The fourth-order valence-electron chi connectivity index (χ4n) is 3.42. The van der Waals surface area contributed by atoms with E-state index in [1.807, 2.05) is 45.0 Å². The van der Waals surface area contributed by atoms with Crippen LogP contribution in [0.5, 0.6) is 11.5 Å². The van der Waals surface area contributed by atoms with Gasteiger partial charge in [-0.2, -0.15) is 0 Å². The molecule has 0 aliphatic rings. The number of nitrogens with zero attached hydrogens (tertiary/aromatic N) is 1. The Morgan fingerprint density at radius 2 is 1.53 bits per heavy atom. The van der Waals surface area contributed by atoms with E-state index in [1.54, 1.807) is 48.5 Å². The SMILES string of the molecule is CCOc1ccc([C@@H](C)NC(=O)CN(c2ccc(OC)cc2)S(=O)(=O)c2ccc(C)cc2)cc1. The van der Waals surface area contributed by atoms with E-state index in [9.17, 15) is 13.2 Å². The van der Waals surface area contributed by atoms with Crippen LogP contribution < -0.4 is 19.1 Å². The number of hydrogen-bond donors (Lipinski definition) is 1. The number of rotatable bonds is 10. The van der Waals surface area contributed by atoms with Gasteiger partial charge in [-0.25, -0.2) is 8.42 Å². The Kier molecular flexibility index (Phi) is 8.17. The number of carbonyl (C=O) groups is 1. The first-order valence-electron chi connectivity index (χ1n) is 11.0. The molecule has 3 aromatic carbocycles. The van der Waals surface area contributed by atoms with Gasteiger partial charge in [0.05, 0.1) is 30.3 Å². The molecule has 0 saturated heterocycles. The van der Waals surface area contributed by atoms with E-state index < -0.39 is 15.9 Å². The molecule has 1 N–H and O–H groups in total. The van der Waals surface area contributed by atoms with Gasteiger partial charge in [-0.3, -0.25) is 9.10 Å². The van der Waals surface area contributed by atoms with E-state index in [1.165, 1.54) is 7.11 Å². The second kappa shape index (κ2) is 11.1. The smallest absolute Gasteiger partial charge is 0.264 e. The van der Waals surface area contributed by atoms with E-state index in [0.717, 1.165) is 21.2 Å². The Bertz CT molecular complexity index is 1190. The van der Waals surface area contributed by atoms with Crippen molar-refractivity contribution in [2.24, 2.45) is 0 Å². The maximum absolute atomic E-state index is 13.5. The molecule has 0 aliphatic carbocycles. The van der Waals surface area contributed by atoms with Crippen LogP contribution in [0.25, 0.3) is 0 Å². The number of anilines is 1. The Balaban J connectivity index is 1.84. The number of benzene rings is 3. The molecule has 0 aliphatic heterocycles. The molecule has 0 unspecified atom stereocenters. The molecule has 0 heterocycles. The number of aryl methyl sites for hydroxylation is 1. The summed E-state index contributed by atoms with van der Waals surface area (Å²) in [5.74, 6) is 0.914. The highest BCUT2D eigenvalue weighted by atomic mass is 32.2. The molecule has 0 fully saturated rings. The summed E-state index contributed by atoms with van der Waals surface area (Å²) in [5.41, 5.74) is 2.19. The molecule has 0 bridgehead atoms. The monoisotopic (exact) mass is 482 g/mol. The van der Waals surface area contributed by atoms with Crippen LogP contribution in [0, 0.1) is 6.92 Å². The van der Waals surface area contributed by atoms with E-state index in [4.69, 9.17) is 9.47 Å². The molecular weight excluding hydrogens is 452 g/mol. The quantitative estimate of drug-likeness (QED) is 0.461. The minimum atomic E-state index is -3.98. The van der Waals surface area contributed by atoms with Crippen LogP contribution in [-0.4, -0.2) is 34.6 Å². The summed E-state index contributed by atoms with van der Waals surface area (Å²) in [7, 11) is -2.45. The lowest BCUT2D eigenvalue weighted by atomic mass is 10.1. The fraction of sp³-hybridized carbons (Fsp3) is 0.269. The van der Waals surface area contributed by atoms with Gasteiger partial charge in [-0.15, -0.1) is 0 Å². The molecule has 3 rings (SSSR count). The van der Waals surface area contributed by atoms with Crippen LogP contribution in [0.4, 0.5) is 5.69 Å². The molecule has 1 amide bonds. The van der Waals surface area contributed by atoms with Crippen LogP contribution in [0.3, 0.4) is 0 Å². The molecule has 7 nitrogen and oxygen atoms in total. The predicted molar refractivity (Wildman–Crippen MR) is 133 cm³/mol. The van der Waals surface area contributed by atoms with E-state index in [0.29, 0.717) is 18.0 Å². The molecule has 0 aromatic heterocycles. The molecule has 8 heteroatoms. The van der Waals surface area contributed by atoms with Crippen molar-refractivity contribution in [1.82, 2.24) is 5.32 Å². The average molecular weight is 483 g/mol. The molecule has 0 saturated carbocycles. The largest absolute Gasteiger partial charge is 0.497 e. The van der Waals surface area contributed by atoms with Gasteiger partial charge in [0.2, 0.25) is 5.91 Å².